The molecule has 1 N–H and O–H groups in total. The van der Waals surface area contributed by atoms with Crippen LogP contribution in [0.3, 0.4) is 0 Å². The van der Waals surface area contributed by atoms with Gasteiger partial charge in [-0.25, -0.2) is 4.98 Å². The Morgan fingerprint density at radius 2 is 2.29 bits per heavy atom. The van der Waals surface area contributed by atoms with E-state index in [2.05, 4.69) is 4.90 Å². The third-order valence-electron chi connectivity index (χ3n) is 5.42. The molecule has 24 heavy (non-hydrogen) atoms. The van der Waals surface area contributed by atoms with Crippen LogP contribution in [0.15, 0.2) is 24.3 Å². The number of hydrogen-bond donors (Lipinski definition) is 1. The first kappa shape index (κ1) is 15.7. The number of ether oxygens (including phenoxy) is 1. The molecule has 1 aromatic heterocycles. The molecular formula is C18H19ClN2O3. The number of aryl methyl sites for hydroxylation is 1. The van der Waals surface area contributed by atoms with E-state index in [0.717, 1.165) is 22.3 Å². The Labute approximate surface area is 145 Å². The van der Waals surface area contributed by atoms with Crippen LogP contribution in [0.1, 0.15) is 12.0 Å². The summed E-state index contributed by atoms with van der Waals surface area (Å²) in [6.45, 7) is 4.19. The fraction of sp³-hybridized carbons (Fsp3) is 0.444. The highest BCUT2D eigenvalue weighted by molar-refractivity contribution is 6.31. The van der Waals surface area contributed by atoms with Crippen LogP contribution in [-0.2, 0) is 9.53 Å². The Morgan fingerprint density at radius 3 is 3.04 bits per heavy atom. The highest BCUT2D eigenvalue weighted by Gasteiger charge is 2.54. The molecular weight excluding hydrogens is 328 g/mol. The maximum atomic E-state index is 11.9. The Bertz CT molecular complexity index is 825. The van der Waals surface area contributed by atoms with Crippen molar-refractivity contribution in [3.63, 3.8) is 0 Å². The van der Waals surface area contributed by atoms with Crippen molar-refractivity contribution in [1.29, 1.82) is 0 Å². The van der Waals surface area contributed by atoms with Gasteiger partial charge in [0.15, 0.2) is 0 Å². The van der Waals surface area contributed by atoms with Crippen molar-refractivity contribution < 1.29 is 14.6 Å². The van der Waals surface area contributed by atoms with Crippen LogP contribution in [0.2, 0.25) is 5.02 Å². The van der Waals surface area contributed by atoms with Crippen LogP contribution in [0.4, 0.5) is 5.82 Å². The Hall–Kier alpha value is -1.85. The van der Waals surface area contributed by atoms with Gasteiger partial charge in [-0.1, -0.05) is 17.7 Å². The van der Waals surface area contributed by atoms with Gasteiger partial charge < -0.3 is 14.7 Å². The second-order valence-corrected chi connectivity index (χ2v) is 7.26. The lowest BCUT2D eigenvalue weighted by atomic mass is 9.74. The summed E-state index contributed by atoms with van der Waals surface area (Å²) in [5.41, 5.74) is 1.23. The molecule has 6 heteroatoms. The number of aliphatic carboxylic acids is 1. The predicted molar refractivity (Wildman–Crippen MR) is 92.7 cm³/mol. The van der Waals surface area contributed by atoms with Gasteiger partial charge in [-0.3, -0.25) is 4.79 Å². The smallest absolute Gasteiger partial charge is 0.311 e. The van der Waals surface area contributed by atoms with E-state index in [-0.39, 0.29) is 5.92 Å². The largest absolute Gasteiger partial charge is 0.481 e. The van der Waals surface area contributed by atoms with E-state index in [1.165, 1.54) is 0 Å². The van der Waals surface area contributed by atoms with E-state index in [1.807, 2.05) is 31.2 Å². The fourth-order valence-electron chi connectivity index (χ4n) is 3.99. The van der Waals surface area contributed by atoms with Crippen LogP contribution in [-0.4, -0.2) is 42.4 Å². The minimum absolute atomic E-state index is 0.000847. The predicted octanol–water partition coefficient (Wildman–Crippen LogP) is 3.12. The van der Waals surface area contributed by atoms with E-state index in [0.29, 0.717) is 37.7 Å². The Morgan fingerprint density at radius 1 is 1.46 bits per heavy atom. The van der Waals surface area contributed by atoms with Gasteiger partial charge in [0.2, 0.25) is 0 Å². The quantitative estimate of drug-likeness (QED) is 0.905. The molecule has 0 amide bonds. The molecule has 1 aromatic carbocycles. The average Bonchev–Trinajstić information content (AvgIpc) is 2.95. The summed E-state index contributed by atoms with van der Waals surface area (Å²) in [6.07, 6.45) is 0.557. The molecule has 2 aliphatic rings. The Balaban J connectivity index is 1.74. The summed E-state index contributed by atoms with van der Waals surface area (Å²) in [6, 6.07) is 7.72. The van der Waals surface area contributed by atoms with Gasteiger partial charge in [-0.15, -0.1) is 0 Å². The zero-order valence-electron chi connectivity index (χ0n) is 13.5. The molecule has 2 atom stereocenters. The van der Waals surface area contributed by atoms with Crippen molar-refractivity contribution in [2.24, 2.45) is 11.3 Å². The first-order valence-electron chi connectivity index (χ1n) is 8.13. The van der Waals surface area contributed by atoms with Crippen LogP contribution < -0.4 is 4.90 Å². The maximum absolute atomic E-state index is 11.9. The SMILES string of the molecule is Cc1cc(N2C[C@@H]3COCC[C@]3(C(=O)O)C2)nc2cc(Cl)ccc12. The van der Waals surface area contributed by atoms with E-state index < -0.39 is 11.4 Å². The van der Waals surface area contributed by atoms with E-state index in [1.54, 1.807) is 0 Å². The maximum Gasteiger partial charge on any atom is 0.311 e. The molecule has 0 unspecified atom stereocenters. The number of pyridine rings is 1. The number of anilines is 1. The summed E-state index contributed by atoms with van der Waals surface area (Å²) < 4.78 is 5.52. The molecule has 2 saturated heterocycles. The first-order chi connectivity index (χ1) is 11.5. The first-order valence-corrected chi connectivity index (χ1v) is 8.50. The second kappa shape index (κ2) is 5.60. The normalized spacial score (nSPS) is 26.6. The van der Waals surface area contributed by atoms with Crippen molar-refractivity contribution >= 4 is 34.3 Å². The van der Waals surface area contributed by atoms with E-state index in [4.69, 9.17) is 21.3 Å². The summed E-state index contributed by atoms with van der Waals surface area (Å²) in [5.74, 6) is 0.0945. The molecule has 0 bridgehead atoms. The lowest BCUT2D eigenvalue weighted by Crippen LogP contribution is -2.44. The molecule has 2 aliphatic heterocycles. The monoisotopic (exact) mass is 346 g/mol. The van der Waals surface area contributed by atoms with Crippen LogP contribution >= 0.6 is 11.6 Å². The van der Waals surface area contributed by atoms with Gasteiger partial charge in [-0.05, 0) is 37.1 Å². The van der Waals surface area contributed by atoms with E-state index >= 15 is 0 Å². The van der Waals surface area contributed by atoms with Gasteiger partial charge >= 0.3 is 5.97 Å². The molecule has 0 radical (unpaired) electrons. The number of fused-ring (bicyclic) bond motifs is 2. The lowest BCUT2D eigenvalue weighted by Gasteiger charge is -2.33. The van der Waals surface area contributed by atoms with Crippen LogP contribution in [0, 0.1) is 18.3 Å². The summed E-state index contributed by atoms with van der Waals surface area (Å²) in [4.78, 5) is 18.8. The number of halogens is 1. The number of benzene rings is 1. The molecule has 2 aromatic rings. The van der Waals surface area contributed by atoms with Crippen LogP contribution in [0.25, 0.3) is 10.9 Å². The van der Waals surface area contributed by atoms with Crippen LogP contribution in [0.5, 0.6) is 0 Å². The average molecular weight is 347 g/mol. The van der Waals surface area contributed by atoms with Gasteiger partial charge in [0.05, 0.1) is 17.5 Å². The van der Waals surface area contributed by atoms with Crippen molar-refractivity contribution in [2.45, 2.75) is 13.3 Å². The molecule has 5 nitrogen and oxygen atoms in total. The molecule has 0 saturated carbocycles. The van der Waals surface area contributed by atoms with Gasteiger partial charge in [0.1, 0.15) is 5.82 Å². The lowest BCUT2D eigenvalue weighted by molar-refractivity contribution is -0.157. The van der Waals surface area contributed by atoms with Gasteiger partial charge in [0.25, 0.3) is 0 Å². The minimum atomic E-state index is -0.725. The number of carboxylic acid groups (broad SMARTS) is 1. The highest BCUT2D eigenvalue weighted by Crippen LogP contribution is 2.44. The van der Waals surface area contributed by atoms with E-state index in [9.17, 15) is 9.90 Å². The van der Waals surface area contributed by atoms with Gasteiger partial charge in [-0.2, -0.15) is 0 Å². The fourth-order valence-corrected chi connectivity index (χ4v) is 4.16. The Kier molecular flexibility index (Phi) is 3.66. The number of nitrogens with zero attached hydrogens (tertiary/aromatic N) is 2. The number of carbonyl (C=O) groups is 1. The number of aromatic nitrogens is 1. The van der Waals surface area contributed by atoms with Crippen molar-refractivity contribution in [3.8, 4) is 0 Å². The summed E-state index contributed by atoms with van der Waals surface area (Å²) in [7, 11) is 0. The highest BCUT2D eigenvalue weighted by atomic mass is 35.5. The second-order valence-electron chi connectivity index (χ2n) is 6.82. The third-order valence-corrected chi connectivity index (χ3v) is 5.66. The number of rotatable bonds is 2. The molecule has 3 heterocycles. The molecule has 4 rings (SSSR count). The zero-order chi connectivity index (χ0) is 16.9. The van der Waals surface area contributed by atoms with Gasteiger partial charge in [0, 0.05) is 36.0 Å². The van der Waals surface area contributed by atoms with Crippen molar-refractivity contribution in [3.05, 3.63) is 34.9 Å². The molecule has 126 valence electrons. The molecule has 0 aliphatic carbocycles. The number of hydrogen-bond acceptors (Lipinski definition) is 4. The van der Waals surface area contributed by atoms with Crippen molar-refractivity contribution in [2.75, 3.05) is 31.2 Å². The molecule has 0 spiro atoms. The summed E-state index contributed by atoms with van der Waals surface area (Å²) in [5, 5.41) is 11.5. The summed E-state index contributed by atoms with van der Waals surface area (Å²) >= 11 is 6.10. The minimum Gasteiger partial charge on any atom is -0.481 e. The zero-order valence-corrected chi connectivity index (χ0v) is 14.2. The standard InChI is InChI=1S/C18H19ClN2O3/c1-11-6-16(20-15-7-13(19)2-3-14(11)15)21-8-12-9-24-5-4-18(12,10-21)17(22)23/h2-3,6-7,12H,4-5,8-10H2,1H3,(H,22,23)/t12-,18+/m1/s1. The van der Waals surface area contributed by atoms with Crippen molar-refractivity contribution in [1.82, 2.24) is 4.98 Å². The topological polar surface area (TPSA) is 62.7 Å². The molecule has 2 fully saturated rings. The number of carboxylic acids is 1. The third kappa shape index (κ3) is 2.34.